The van der Waals surface area contributed by atoms with Gasteiger partial charge in [-0.05, 0) is 26.2 Å². The largest absolute Gasteiger partial charge is 0.215 e. The molecule has 1 rings (SSSR count). The Morgan fingerprint density at radius 3 is 2.53 bits per heavy atom. The van der Waals surface area contributed by atoms with Crippen molar-refractivity contribution in [3.8, 4) is 0 Å². The second-order valence-electron chi connectivity index (χ2n) is 4.06. The summed E-state index contributed by atoms with van der Waals surface area (Å²) in [5.41, 5.74) is 0. The number of sulfonamides is 1. The maximum absolute atomic E-state index is 11.8. The van der Waals surface area contributed by atoms with Gasteiger partial charge in [0.2, 0.25) is 10.0 Å². The van der Waals surface area contributed by atoms with Crippen LogP contribution in [0.4, 0.5) is 0 Å². The van der Waals surface area contributed by atoms with E-state index in [9.17, 15) is 8.42 Å². The van der Waals surface area contributed by atoms with E-state index in [1.54, 1.807) is 0 Å². The zero-order valence-corrected chi connectivity index (χ0v) is 10.2. The summed E-state index contributed by atoms with van der Waals surface area (Å²) >= 11 is 0. The first-order valence-electron chi connectivity index (χ1n) is 5.76. The summed E-state index contributed by atoms with van der Waals surface area (Å²) < 4.78 is 26.3. The molecule has 0 aliphatic heterocycles. The van der Waals surface area contributed by atoms with E-state index in [0.717, 1.165) is 32.1 Å². The molecular formula is C11H21NO2S. The Morgan fingerprint density at radius 2 is 1.93 bits per heavy atom. The lowest BCUT2D eigenvalue weighted by molar-refractivity contribution is 0.478. The van der Waals surface area contributed by atoms with Gasteiger partial charge in [-0.2, -0.15) is 0 Å². The molecule has 0 bridgehead atoms. The summed E-state index contributed by atoms with van der Waals surface area (Å²) in [6, 6.07) is 0. The molecule has 0 saturated heterocycles. The lowest BCUT2D eigenvalue weighted by Crippen LogP contribution is -2.36. The molecular weight excluding hydrogens is 210 g/mol. The van der Waals surface area contributed by atoms with E-state index in [2.05, 4.69) is 4.72 Å². The Kier molecular flexibility index (Phi) is 5.32. The average Bonchev–Trinajstić information content (AvgIpc) is 2.26. The van der Waals surface area contributed by atoms with Gasteiger partial charge in [0.25, 0.3) is 0 Å². The molecule has 0 spiro atoms. The molecule has 1 N–H and O–H groups in total. The van der Waals surface area contributed by atoms with Gasteiger partial charge in [0, 0.05) is 6.54 Å². The highest BCUT2D eigenvalue weighted by Crippen LogP contribution is 2.22. The van der Waals surface area contributed by atoms with Crippen LogP contribution >= 0.6 is 0 Å². The van der Waals surface area contributed by atoms with Crippen molar-refractivity contribution in [2.45, 2.75) is 50.7 Å². The number of hydrogen-bond acceptors (Lipinski definition) is 2. The lowest BCUT2D eigenvalue weighted by atomic mass is 10.0. The molecule has 3 nitrogen and oxygen atoms in total. The second kappa shape index (κ2) is 6.28. The number of allylic oxidation sites excluding steroid dienone is 1. The van der Waals surface area contributed by atoms with Gasteiger partial charge in [0.1, 0.15) is 0 Å². The molecule has 0 unspecified atom stereocenters. The normalized spacial score (nSPS) is 19.8. The van der Waals surface area contributed by atoms with Crippen LogP contribution in [0.25, 0.3) is 0 Å². The highest BCUT2D eigenvalue weighted by molar-refractivity contribution is 7.90. The lowest BCUT2D eigenvalue weighted by Gasteiger charge is -2.21. The molecule has 0 atom stereocenters. The van der Waals surface area contributed by atoms with E-state index in [1.807, 2.05) is 19.1 Å². The molecule has 15 heavy (non-hydrogen) atoms. The first-order chi connectivity index (χ1) is 7.17. The number of hydrogen-bond donors (Lipinski definition) is 1. The van der Waals surface area contributed by atoms with Crippen molar-refractivity contribution in [3.05, 3.63) is 12.2 Å². The predicted octanol–water partition coefficient (Wildman–Crippen LogP) is 2.20. The van der Waals surface area contributed by atoms with E-state index in [4.69, 9.17) is 0 Å². The quantitative estimate of drug-likeness (QED) is 0.582. The van der Waals surface area contributed by atoms with Gasteiger partial charge >= 0.3 is 0 Å². The summed E-state index contributed by atoms with van der Waals surface area (Å²) in [6.45, 7) is 2.47. The topological polar surface area (TPSA) is 46.2 Å². The molecule has 0 amide bonds. The third kappa shape index (κ3) is 4.34. The molecule has 4 heteroatoms. The van der Waals surface area contributed by atoms with E-state index in [1.165, 1.54) is 6.42 Å². The van der Waals surface area contributed by atoms with Crippen molar-refractivity contribution in [2.75, 3.05) is 6.54 Å². The van der Waals surface area contributed by atoms with Crippen molar-refractivity contribution in [1.29, 1.82) is 0 Å². The van der Waals surface area contributed by atoms with Crippen LogP contribution in [0.3, 0.4) is 0 Å². The maximum atomic E-state index is 11.8. The van der Waals surface area contributed by atoms with E-state index < -0.39 is 10.0 Å². The molecule has 1 saturated carbocycles. The van der Waals surface area contributed by atoms with Gasteiger partial charge in [-0.1, -0.05) is 31.4 Å². The molecule has 0 radical (unpaired) electrons. The summed E-state index contributed by atoms with van der Waals surface area (Å²) in [7, 11) is -3.05. The minimum Gasteiger partial charge on any atom is -0.215 e. The molecule has 1 fully saturated rings. The van der Waals surface area contributed by atoms with Crippen LogP contribution in [0.1, 0.15) is 45.4 Å². The Bertz CT molecular complexity index is 290. The van der Waals surface area contributed by atoms with Gasteiger partial charge in [-0.25, -0.2) is 13.1 Å². The third-order valence-corrected chi connectivity index (χ3v) is 4.80. The van der Waals surface area contributed by atoms with Gasteiger partial charge in [0.15, 0.2) is 0 Å². The SMILES string of the molecule is C/C=C/CCNS(=O)(=O)C1CCCCC1. The fourth-order valence-corrected chi connectivity index (χ4v) is 3.54. The van der Waals surface area contributed by atoms with Crippen molar-refractivity contribution >= 4 is 10.0 Å². The van der Waals surface area contributed by atoms with Crippen molar-refractivity contribution in [3.63, 3.8) is 0 Å². The van der Waals surface area contributed by atoms with Crippen LogP contribution in [0, 0.1) is 0 Å². The van der Waals surface area contributed by atoms with Gasteiger partial charge in [-0.3, -0.25) is 0 Å². The molecule has 0 heterocycles. The molecule has 88 valence electrons. The van der Waals surface area contributed by atoms with Crippen molar-refractivity contribution in [1.82, 2.24) is 4.72 Å². The summed E-state index contributed by atoms with van der Waals surface area (Å²) in [5, 5.41) is -0.142. The molecule has 1 aliphatic rings. The molecule has 0 aromatic carbocycles. The smallest absolute Gasteiger partial charge is 0.214 e. The number of rotatable bonds is 5. The fourth-order valence-electron chi connectivity index (χ4n) is 1.94. The standard InChI is InChI=1S/C11H21NO2S/c1-2-3-7-10-12-15(13,14)11-8-5-4-6-9-11/h2-3,11-12H,4-10H2,1H3/b3-2+. The summed E-state index contributed by atoms with van der Waals surface area (Å²) in [6.07, 6.45) is 9.66. The van der Waals surface area contributed by atoms with Crippen LogP contribution in [-0.4, -0.2) is 20.2 Å². The average molecular weight is 231 g/mol. The highest BCUT2D eigenvalue weighted by Gasteiger charge is 2.26. The zero-order chi connectivity index (χ0) is 11.1. The van der Waals surface area contributed by atoms with E-state index in [0.29, 0.717) is 6.54 Å². The van der Waals surface area contributed by atoms with Crippen LogP contribution in [0.15, 0.2) is 12.2 Å². The van der Waals surface area contributed by atoms with Gasteiger partial charge in [-0.15, -0.1) is 0 Å². The van der Waals surface area contributed by atoms with Crippen LogP contribution in [0.2, 0.25) is 0 Å². The Labute approximate surface area is 93.0 Å². The molecule has 0 aromatic rings. The van der Waals surface area contributed by atoms with E-state index in [-0.39, 0.29) is 5.25 Å². The van der Waals surface area contributed by atoms with E-state index >= 15 is 0 Å². The van der Waals surface area contributed by atoms with Gasteiger partial charge in [0.05, 0.1) is 5.25 Å². The first kappa shape index (κ1) is 12.7. The first-order valence-corrected chi connectivity index (χ1v) is 7.31. The van der Waals surface area contributed by atoms with Crippen LogP contribution in [0.5, 0.6) is 0 Å². The third-order valence-electron chi connectivity index (χ3n) is 2.84. The fraction of sp³-hybridized carbons (Fsp3) is 0.818. The second-order valence-corrected chi connectivity index (χ2v) is 6.10. The maximum Gasteiger partial charge on any atom is 0.214 e. The summed E-state index contributed by atoms with van der Waals surface area (Å²) in [4.78, 5) is 0. The van der Waals surface area contributed by atoms with Crippen LogP contribution < -0.4 is 4.72 Å². The zero-order valence-electron chi connectivity index (χ0n) is 9.41. The predicted molar refractivity (Wildman–Crippen MR) is 63.2 cm³/mol. The molecule has 0 aromatic heterocycles. The molecule has 1 aliphatic carbocycles. The van der Waals surface area contributed by atoms with Gasteiger partial charge < -0.3 is 0 Å². The Morgan fingerprint density at radius 1 is 1.27 bits per heavy atom. The van der Waals surface area contributed by atoms with Crippen LogP contribution in [-0.2, 0) is 10.0 Å². The van der Waals surface area contributed by atoms with Crippen molar-refractivity contribution in [2.24, 2.45) is 0 Å². The monoisotopic (exact) mass is 231 g/mol. The number of nitrogens with one attached hydrogen (secondary N) is 1. The Hall–Kier alpha value is -0.350. The minimum absolute atomic E-state index is 0.142. The Balaban J connectivity index is 2.36. The van der Waals surface area contributed by atoms with Crippen molar-refractivity contribution < 1.29 is 8.42 Å². The summed E-state index contributed by atoms with van der Waals surface area (Å²) in [5.74, 6) is 0. The minimum atomic E-state index is -3.05. The highest BCUT2D eigenvalue weighted by atomic mass is 32.2.